The van der Waals surface area contributed by atoms with Gasteiger partial charge in [0.2, 0.25) is 0 Å². The average Bonchev–Trinajstić information content (AvgIpc) is 2.86. The highest BCUT2D eigenvalue weighted by atomic mass is 16.1. The van der Waals surface area contributed by atoms with Gasteiger partial charge in [0.15, 0.2) is 5.78 Å². The number of ketones is 1. The van der Waals surface area contributed by atoms with E-state index in [1.165, 1.54) is 0 Å². The number of benzene rings is 1. The Morgan fingerprint density at radius 2 is 2.19 bits per heavy atom. The Bertz CT molecular complexity index is 569. The van der Waals surface area contributed by atoms with Gasteiger partial charge in [0.05, 0.1) is 0 Å². The number of carbonyl (C=O) groups is 1. The maximum Gasteiger partial charge on any atom is 0.163 e. The van der Waals surface area contributed by atoms with E-state index in [1.54, 1.807) is 6.20 Å². The maximum atomic E-state index is 11.5. The molecule has 0 unspecified atom stereocenters. The summed E-state index contributed by atoms with van der Waals surface area (Å²) in [4.78, 5) is 15.8. The summed E-state index contributed by atoms with van der Waals surface area (Å²) in [6, 6.07) is 5.99. The molecule has 0 radical (unpaired) electrons. The lowest BCUT2D eigenvalue weighted by Crippen LogP contribution is -1.94. The largest absolute Gasteiger partial charge is 0.334 e. The number of fused-ring (bicyclic) bond motifs is 1. The Kier molecular flexibility index (Phi) is 1.93. The van der Waals surface area contributed by atoms with Crippen molar-refractivity contribution >= 4 is 5.78 Å². The average molecular weight is 212 g/mol. The van der Waals surface area contributed by atoms with Crippen LogP contribution in [0.5, 0.6) is 0 Å². The van der Waals surface area contributed by atoms with Crippen molar-refractivity contribution in [3.63, 3.8) is 0 Å². The number of carbonyl (C=O) groups excluding carboxylic acids is 1. The second-order valence-electron chi connectivity index (χ2n) is 4.16. The molecule has 1 aliphatic carbocycles. The first-order valence-electron chi connectivity index (χ1n) is 5.39. The Morgan fingerprint density at radius 3 is 2.94 bits per heavy atom. The molecule has 0 bridgehead atoms. The number of hydrogen-bond donors (Lipinski definition) is 0. The molecule has 0 saturated heterocycles. The Hall–Kier alpha value is -1.90. The molecule has 0 fully saturated rings. The third kappa shape index (κ3) is 1.28. The van der Waals surface area contributed by atoms with Gasteiger partial charge in [0.25, 0.3) is 0 Å². The highest BCUT2D eigenvalue weighted by Gasteiger charge is 2.19. The number of imidazole rings is 1. The molecule has 1 aromatic heterocycles. The van der Waals surface area contributed by atoms with Crippen LogP contribution < -0.4 is 0 Å². The molecule has 3 heteroatoms. The van der Waals surface area contributed by atoms with Crippen LogP contribution in [-0.4, -0.2) is 15.3 Å². The topological polar surface area (TPSA) is 34.9 Å². The first-order valence-corrected chi connectivity index (χ1v) is 5.39. The predicted octanol–water partition coefficient (Wildman–Crippen LogP) is 2.22. The molecule has 0 amide bonds. The van der Waals surface area contributed by atoms with Crippen molar-refractivity contribution in [1.82, 2.24) is 9.55 Å². The zero-order valence-electron chi connectivity index (χ0n) is 9.10. The van der Waals surface area contributed by atoms with Gasteiger partial charge >= 0.3 is 0 Å². The molecule has 2 aromatic rings. The number of hydrogen-bond acceptors (Lipinski definition) is 2. The van der Waals surface area contributed by atoms with Crippen LogP contribution in [0.25, 0.3) is 11.4 Å². The van der Waals surface area contributed by atoms with E-state index in [9.17, 15) is 4.79 Å². The SMILES string of the molecule is Cn1ccnc1-c1ccc2c(c1)CCC2=O. The fourth-order valence-corrected chi connectivity index (χ4v) is 2.24. The fourth-order valence-electron chi connectivity index (χ4n) is 2.24. The highest BCUT2D eigenvalue weighted by Crippen LogP contribution is 2.26. The van der Waals surface area contributed by atoms with Crippen molar-refractivity contribution in [2.45, 2.75) is 12.8 Å². The summed E-state index contributed by atoms with van der Waals surface area (Å²) in [5.41, 5.74) is 3.13. The molecule has 80 valence electrons. The number of Topliss-reactive ketones (excluding diaryl/α,β-unsaturated/α-hetero) is 1. The molecule has 0 aliphatic heterocycles. The van der Waals surface area contributed by atoms with Crippen LogP contribution in [0.4, 0.5) is 0 Å². The van der Waals surface area contributed by atoms with Gasteiger partial charge in [-0.25, -0.2) is 4.98 Å². The molecular weight excluding hydrogens is 200 g/mol. The van der Waals surface area contributed by atoms with E-state index >= 15 is 0 Å². The normalized spacial score (nSPS) is 14.2. The van der Waals surface area contributed by atoms with E-state index in [1.807, 2.05) is 29.9 Å². The van der Waals surface area contributed by atoms with Gasteiger partial charge in [-0.2, -0.15) is 0 Å². The molecule has 0 saturated carbocycles. The lowest BCUT2D eigenvalue weighted by molar-refractivity contribution is 0.0994. The molecule has 0 atom stereocenters. The van der Waals surface area contributed by atoms with E-state index in [-0.39, 0.29) is 5.78 Å². The molecule has 1 aromatic carbocycles. The van der Waals surface area contributed by atoms with Crippen LogP contribution >= 0.6 is 0 Å². The van der Waals surface area contributed by atoms with Gasteiger partial charge in [-0.15, -0.1) is 0 Å². The van der Waals surface area contributed by atoms with E-state index in [4.69, 9.17) is 0 Å². The van der Waals surface area contributed by atoms with Crippen molar-refractivity contribution in [1.29, 1.82) is 0 Å². The van der Waals surface area contributed by atoms with Crippen molar-refractivity contribution in [2.75, 3.05) is 0 Å². The van der Waals surface area contributed by atoms with Crippen LogP contribution in [0.15, 0.2) is 30.6 Å². The first kappa shape index (κ1) is 9.33. The summed E-state index contributed by atoms with van der Waals surface area (Å²) in [6.45, 7) is 0. The van der Waals surface area contributed by atoms with Gasteiger partial charge in [-0.1, -0.05) is 12.1 Å². The maximum absolute atomic E-state index is 11.5. The molecule has 0 spiro atoms. The third-order valence-electron chi connectivity index (χ3n) is 3.11. The summed E-state index contributed by atoms with van der Waals surface area (Å²) < 4.78 is 1.98. The summed E-state index contributed by atoms with van der Waals surface area (Å²) in [7, 11) is 1.97. The molecule has 3 rings (SSSR count). The van der Waals surface area contributed by atoms with Crippen LogP contribution in [-0.2, 0) is 13.5 Å². The molecule has 1 heterocycles. The van der Waals surface area contributed by atoms with Crippen molar-refractivity contribution in [3.8, 4) is 11.4 Å². The third-order valence-corrected chi connectivity index (χ3v) is 3.11. The van der Waals surface area contributed by atoms with Gasteiger partial charge in [0.1, 0.15) is 5.82 Å². The van der Waals surface area contributed by atoms with Gasteiger partial charge in [-0.05, 0) is 18.1 Å². The van der Waals surface area contributed by atoms with E-state index in [0.717, 1.165) is 28.9 Å². The van der Waals surface area contributed by atoms with Crippen molar-refractivity contribution in [3.05, 3.63) is 41.7 Å². The van der Waals surface area contributed by atoms with Crippen molar-refractivity contribution in [2.24, 2.45) is 7.05 Å². The van der Waals surface area contributed by atoms with E-state index in [2.05, 4.69) is 11.1 Å². The van der Waals surface area contributed by atoms with Gasteiger partial charge < -0.3 is 4.57 Å². The molecular formula is C13H12N2O. The summed E-state index contributed by atoms with van der Waals surface area (Å²) in [5.74, 6) is 1.21. The quantitative estimate of drug-likeness (QED) is 0.726. The minimum Gasteiger partial charge on any atom is -0.334 e. The minimum atomic E-state index is 0.265. The van der Waals surface area contributed by atoms with Gasteiger partial charge in [0, 0.05) is 37.0 Å². The smallest absolute Gasteiger partial charge is 0.163 e. The summed E-state index contributed by atoms with van der Waals surface area (Å²) >= 11 is 0. The van der Waals surface area contributed by atoms with Gasteiger partial charge in [-0.3, -0.25) is 4.79 Å². The molecule has 16 heavy (non-hydrogen) atoms. The van der Waals surface area contributed by atoms with E-state index in [0.29, 0.717) is 6.42 Å². The highest BCUT2D eigenvalue weighted by molar-refractivity contribution is 6.00. The molecule has 1 aliphatic rings. The minimum absolute atomic E-state index is 0.265. The Labute approximate surface area is 93.7 Å². The zero-order valence-corrected chi connectivity index (χ0v) is 9.10. The lowest BCUT2D eigenvalue weighted by atomic mass is 10.1. The van der Waals surface area contributed by atoms with Crippen LogP contribution in [0.2, 0.25) is 0 Å². The molecule has 3 nitrogen and oxygen atoms in total. The van der Waals surface area contributed by atoms with Crippen LogP contribution in [0.1, 0.15) is 22.3 Å². The Morgan fingerprint density at radius 1 is 1.31 bits per heavy atom. The van der Waals surface area contributed by atoms with E-state index < -0.39 is 0 Å². The molecule has 0 N–H and O–H groups in total. The first-order chi connectivity index (χ1) is 7.75. The zero-order chi connectivity index (χ0) is 11.1. The Balaban J connectivity index is 2.12. The van der Waals surface area contributed by atoms with Crippen molar-refractivity contribution < 1.29 is 4.79 Å². The second kappa shape index (κ2) is 3.30. The lowest BCUT2D eigenvalue weighted by Gasteiger charge is -2.04. The second-order valence-corrected chi connectivity index (χ2v) is 4.16. The van der Waals surface area contributed by atoms with Crippen LogP contribution in [0, 0.1) is 0 Å². The summed E-state index contributed by atoms with van der Waals surface area (Å²) in [6.07, 6.45) is 5.23. The summed E-state index contributed by atoms with van der Waals surface area (Å²) in [5, 5.41) is 0. The predicted molar refractivity (Wildman–Crippen MR) is 61.3 cm³/mol. The standard InChI is InChI=1S/C13H12N2O/c1-15-7-6-14-13(15)10-2-4-11-9(8-10)3-5-12(11)16/h2,4,6-8H,3,5H2,1H3. The number of rotatable bonds is 1. The van der Waals surface area contributed by atoms with Crippen LogP contribution in [0.3, 0.4) is 0 Å². The number of nitrogens with zero attached hydrogens (tertiary/aromatic N) is 2. The number of aryl methyl sites for hydroxylation is 2. The fraction of sp³-hybridized carbons (Fsp3) is 0.231. The number of aromatic nitrogens is 2. The monoisotopic (exact) mass is 212 g/mol.